The molecule has 0 saturated carbocycles. The molecule has 0 aliphatic heterocycles. The Morgan fingerprint density at radius 1 is 1.43 bits per heavy atom. The fraction of sp³-hybridized carbons (Fsp3) is 0.385. The average Bonchev–Trinajstić information content (AvgIpc) is 2.95. The molecular weight excluding hydrogens is 306 g/mol. The zero-order valence-corrected chi connectivity index (χ0v) is 14.0. The van der Waals surface area contributed by atoms with Crippen LogP contribution in [0, 0.1) is 13.8 Å². The summed E-state index contributed by atoms with van der Waals surface area (Å²) in [6, 6.07) is 0. The molecule has 2 rings (SSSR count). The Kier molecular flexibility index (Phi) is 5.13. The van der Waals surface area contributed by atoms with Gasteiger partial charge in [0, 0.05) is 24.4 Å². The van der Waals surface area contributed by atoms with Crippen LogP contribution in [-0.2, 0) is 11.8 Å². The highest BCUT2D eigenvalue weighted by Crippen LogP contribution is 2.25. The first kappa shape index (κ1) is 15.7. The number of anilines is 1. The minimum absolute atomic E-state index is 0.221. The highest BCUT2D eigenvalue weighted by Gasteiger charge is 2.08. The Hall–Kier alpha value is -1.67. The number of aryl methyl sites for hydroxylation is 2. The average molecular weight is 323 g/mol. The molecule has 0 radical (unpaired) electrons. The molecule has 1 N–H and O–H groups in total. The number of amides is 1. The lowest BCUT2D eigenvalue weighted by molar-refractivity contribution is -0.111. The van der Waals surface area contributed by atoms with Gasteiger partial charge in [-0.2, -0.15) is 5.10 Å². The molecule has 21 heavy (non-hydrogen) atoms. The van der Waals surface area contributed by atoms with Gasteiger partial charge in [-0.1, -0.05) is 30.0 Å². The van der Waals surface area contributed by atoms with Gasteiger partial charge in [0.2, 0.25) is 11.0 Å². The van der Waals surface area contributed by atoms with E-state index in [1.54, 1.807) is 22.5 Å². The predicted octanol–water partition coefficient (Wildman–Crippen LogP) is 2.65. The lowest BCUT2D eigenvalue weighted by atomic mass is 10.2. The van der Waals surface area contributed by atoms with Crippen molar-refractivity contribution in [3.05, 3.63) is 23.0 Å². The van der Waals surface area contributed by atoms with Crippen LogP contribution in [0.5, 0.6) is 0 Å². The molecule has 112 valence electrons. The number of nitrogens with one attached hydrogen (secondary N) is 1. The first-order chi connectivity index (χ1) is 10.0. The summed E-state index contributed by atoms with van der Waals surface area (Å²) in [5.41, 5.74) is 2.89. The van der Waals surface area contributed by atoms with E-state index in [1.165, 1.54) is 17.4 Å². The summed E-state index contributed by atoms with van der Waals surface area (Å²) in [7, 11) is 1.88. The van der Waals surface area contributed by atoms with E-state index < -0.39 is 0 Å². The quantitative estimate of drug-likeness (QED) is 0.520. The second-order valence-corrected chi connectivity index (χ2v) is 6.83. The monoisotopic (exact) mass is 323 g/mol. The smallest absolute Gasteiger partial charge is 0.250 e. The molecule has 0 saturated heterocycles. The number of hydrogen-bond acceptors (Lipinski definition) is 6. The van der Waals surface area contributed by atoms with Crippen molar-refractivity contribution >= 4 is 40.2 Å². The summed E-state index contributed by atoms with van der Waals surface area (Å²) in [5, 5.41) is 15.5. The van der Waals surface area contributed by atoms with Crippen LogP contribution < -0.4 is 5.32 Å². The van der Waals surface area contributed by atoms with Gasteiger partial charge in [-0.3, -0.25) is 14.8 Å². The third-order valence-corrected chi connectivity index (χ3v) is 4.72. The molecule has 0 unspecified atom stereocenters. The van der Waals surface area contributed by atoms with Crippen LogP contribution in [-0.4, -0.2) is 31.6 Å². The third-order valence-electron chi connectivity index (χ3n) is 2.87. The normalized spacial score (nSPS) is 11.2. The van der Waals surface area contributed by atoms with E-state index >= 15 is 0 Å². The molecule has 0 bridgehead atoms. The second kappa shape index (κ2) is 6.86. The Morgan fingerprint density at radius 3 is 2.81 bits per heavy atom. The summed E-state index contributed by atoms with van der Waals surface area (Å²) in [6.45, 7) is 5.94. The van der Waals surface area contributed by atoms with Crippen LogP contribution >= 0.6 is 23.1 Å². The topological polar surface area (TPSA) is 72.7 Å². The first-order valence-electron chi connectivity index (χ1n) is 6.46. The zero-order valence-electron chi connectivity index (χ0n) is 12.4. The fourth-order valence-corrected chi connectivity index (χ4v) is 3.43. The van der Waals surface area contributed by atoms with E-state index in [9.17, 15) is 4.79 Å². The van der Waals surface area contributed by atoms with Crippen molar-refractivity contribution in [2.24, 2.45) is 7.05 Å². The number of nitrogens with zero attached hydrogens (tertiary/aromatic N) is 4. The minimum atomic E-state index is -0.221. The molecule has 2 aromatic heterocycles. The highest BCUT2D eigenvalue weighted by molar-refractivity contribution is 8.01. The number of carbonyl (C=O) groups excluding carboxylic acids is 1. The van der Waals surface area contributed by atoms with Gasteiger partial charge in [0.1, 0.15) is 0 Å². The van der Waals surface area contributed by atoms with Crippen molar-refractivity contribution in [3.8, 4) is 0 Å². The zero-order chi connectivity index (χ0) is 15.4. The van der Waals surface area contributed by atoms with Crippen LogP contribution in [0.4, 0.5) is 5.13 Å². The van der Waals surface area contributed by atoms with Gasteiger partial charge < -0.3 is 0 Å². The van der Waals surface area contributed by atoms with E-state index in [0.717, 1.165) is 27.0 Å². The SMILES string of the molecule is CCSc1nnc(NC(=O)/C=C/c2c(C)nn(C)c2C)s1. The van der Waals surface area contributed by atoms with Crippen LogP contribution in [0.15, 0.2) is 10.4 Å². The van der Waals surface area contributed by atoms with Crippen LogP contribution in [0.3, 0.4) is 0 Å². The molecular formula is C13H17N5OS2. The van der Waals surface area contributed by atoms with Crippen molar-refractivity contribution in [2.45, 2.75) is 25.1 Å². The molecule has 0 atom stereocenters. The van der Waals surface area contributed by atoms with Gasteiger partial charge in [0.25, 0.3) is 0 Å². The Labute approximate surface area is 131 Å². The molecule has 2 heterocycles. The van der Waals surface area contributed by atoms with E-state index in [4.69, 9.17) is 0 Å². The van der Waals surface area contributed by atoms with Crippen LogP contribution in [0.1, 0.15) is 23.9 Å². The number of rotatable bonds is 5. The van der Waals surface area contributed by atoms with Crippen molar-refractivity contribution in [1.82, 2.24) is 20.0 Å². The van der Waals surface area contributed by atoms with Gasteiger partial charge >= 0.3 is 0 Å². The molecule has 1 amide bonds. The maximum absolute atomic E-state index is 11.9. The molecule has 0 spiro atoms. The van der Waals surface area contributed by atoms with Gasteiger partial charge in [0.15, 0.2) is 4.34 Å². The minimum Gasteiger partial charge on any atom is -0.297 e. The lowest BCUT2D eigenvalue weighted by Crippen LogP contribution is -2.07. The number of thioether (sulfide) groups is 1. The van der Waals surface area contributed by atoms with E-state index in [0.29, 0.717) is 5.13 Å². The molecule has 6 nitrogen and oxygen atoms in total. The summed E-state index contributed by atoms with van der Waals surface area (Å²) in [6.07, 6.45) is 3.26. The van der Waals surface area contributed by atoms with Crippen molar-refractivity contribution in [2.75, 3.05) is 11.1 Å². The van der Waals surface area contributed by atoms with E-state index in [-0.39, 0.29) is 5.91 Å². The molecule has 0 fully saturated rings. The number of hydrogen-bond donors (Lipinski definition) is 1. The molecule has 2 aromatic rings. The molecule has 0 aromatic carbocycles. The standard InChI is InChI=1S/C13H17N5OS2/c1-5-20-13-16-15-12(21-13)14-11(19)7-6-10-8(2)17-18(4)9(10)3/h6-7H,5H2,1-4H3,(H,14,15,19)/b7-6+. The van der Waals surface area contributed by atoms with Gasteiger partial charge in [-0.25, -0.2) is 0 Å². The Bertz CT molecular complexity index is 674. The summed E-state index contributed by atoms with van der Waals surface area (Å²) in [4.78, 5) is 11.9. The number of aromatic nitrogens is 4. The molecule has 0 aliphatic rings. The van der Waals surface area contributed by atoms with Gasteiger partial charge in [-0.05, 0) is 25.7 Å². The molecule has 8 heteroatoms. The van der Waals surface area contributed by atoms with Gasteiger partial charge in [0.05, 0.1) is 5.69 Å². The summed E-state index contributed by atoms with van der Waals surface area (Å²) < 4.78 is 2.65. The second-order valence-electron chi connectivity index (χ2n) is 4.34. The summed E-state index contributed by atoms with van der Waals surface area (Å²) in [5.74, 6) is 0.712. The highest BCUT2D eigenvalue weighted by atomic mass is 32.2. The van der Waals surface area contributed by atoms with E-state index in [1.807, 2.05) is 27.8 Å². The number of carbonyl (C=O) groups is 1. The van der Waals surface area contributed by atoms with Crippen LogP contribution in [0.2, 0.25) is 0 Å². The predicted molar refractivity (Wildman–Crippen MR) is 86.7 cm³/mol. The largest absolute Gasteiger partial charge is 0.297 e. The Morgan fingerprint density at radius 2 is 2.19 bits per heavy atom. The van der Waals surface area contributed by atoms with Crippen molar-refractivity contribution in [1.29, 1.82) is 0 Å². The fourth-order valence-electron chi connectivity index (χ4n) is 1.78. The van der Waals surface area contributed by atoms with Crippen molar-refractivity contribution in [3.63, 3.8) is 0 Å². The van der Waals surface area contributed by atoms with Crippen LogP contribution in [0.25, 0.3) is 6.08 Å². The summed E-state index contributed by atoms with van der Waals surface area (Å²) >= 11 is 2.98. The van der Waals surface area contributed by atoms with Gasteiger partial charge in [-0.15, -0.1) is 10.2 Å². The first-order valence-corrected chi connectivity index (χ1v) is 8.27. The third kappa shape index (κ3) is 3.92. The molecule has 0 aliphatic carbocycles. The van der Waals surface area contributed by atoms with Crippen molar-refractivity contribution < 1.29 is 4.79 Å². The van der Waals surface area contributed by atoms with E-state index in [2.05, 4.69) is 20.6 Å². The maximum Gasteiger partial charge on any atom is 0.250 e. The Balaban J connectivity index is 2.02. The lowest BCUT2D eigenvalue weighted by Gasteiger charge is -1.96. The maximum atomic E-state index is 11.9.